The molecule has 1 aromatic carbocycles. The van der Waals surface area contributed by atoms with Gasteiger partial charge in [-0.25, -0.2) is 21.6 Å². The van der Waals surface area contributed by atoms with E-state index in [1.165, 1.54) is 0 Å². The summed E-state index contributed by atoms with van der Waals surface area (Å²) in [6.45, 7) is 0. The standard InChI is InChI=1S/C12H13F3O3S/c13-8-6-10(15)9(14)5-7(8)12(16)11-3-1-2-4-19(11,17)18/h5-6,11-12,16H,1-4H2. The average Bonchev–Trinajstić information content (AvgIpc) is 2.32. The Balaban J connectivity index is 2.39. The molecule has 1 aliphatic heterocycles. The van der Waals surface area contributed by atoms with Crippen LogP contribution in [-0.2, 0) is 9.84 Å². The number of rotatable bonds is 2. The van der Waals surface area contributed by atoms with Crippen molar-refractivity contribution in [2.24, 2.45) is 0 Å². The molecule has 1 heterocycles. The van der Waals surface area contributed by atoms with E-state index in [0.29, 0.717) is 25.0 Å². The summed E-state index contributed by atoms with van der Waals surface area (Å²) < 4.78 is 63.0. The number of halogens is 3. The van der Waals surface area contributed by atoms with Crippen molar-refractivity contribution in [1.82, 2.24) is 0 Å². The Morgan fingerprint density at radius 3 is 2.37 bits per heavy atom. The van der Waals surface area contributed by atoms with Crippen LogP contribution in [0.4, 0.5) is 13.2 Å². The van der Waals surface area contributed by atoms with Gasteiger partial charge in [-0.3, -0.25) is 0 Å². The number of aliphatic hydroxyl groups is 1. The van der Waals surface area contributed by atoms with Crippen LogP contribution in [0.25, 0.3) is 0 Å². The van der Waals surface area contributed by atoms with Gasteiger partial charge in [-0.2, -0.15) is 0 Å². The fraction of sp³-hybridized carbons (Fsp3) is 0.500. The van der Waals surface area contributed by atoms with Crippen LogP contribution in [0.1, 0.15) is 30.9 Å². The molecule has 19 heavy (non-hydrogen) atoms. The summed E-state index contributed by atoms with van der Waals surface area (Å²) >= 11 is 0. The van der Waals surface area contributed by atoms with Gasteiger partial charge in [0.05, 0.1) is 17.1 Å². The van der Waals surface area contributed by atoms with Gasteiger partial charge < -0.3 is 5.11 Å². The summed E-state index contributed by atoms with van der Waals surface area (Å²) in [5.74, 6) is -3.92. The van der Waals surface area contributed by atoms with E-state index < -0.39 is 44.2 Å². The number of sulfone groups is 1. The van der Waals surface area contributed by atoms with Gasteiger partial charge in [0.2, 0.25) is 0 Å². The largest absolute Gasteiger partial charge is 0.387 e. The van der Waals surface area contributed by atoms with Crippen molar-refractivity contribution in [3.63, 3.8) is 0 Å². The zero-order chi connectivity index (χ0) is 14.2. The molecule has 2 atom stereocenters. The molecule has 0 aromatic heterocycles. The normalized spacial score (nSPS) is 24.1. The van der Waals surface area contributed by atoms with E-state index in [-0.39, 0.29) is 12.2 Å². The zero-order valence-electron chi connectivity index (χ0n) is 9.94. The molecule has 0 aliphatic carbocycles. The molecule has 2 unspecified atom stereocenters. The number of aliphatic hydroxyl groups excluding tert-OH is 1. The molecule has 0 spiro atoms. The molecule has 0 amide bonds. The third-order valence-electron chi connectivity index (χ3n) is 3.34. The molecular formula is C12H13F3O3S. The minimum absolute atomic E-state index is 0.0833. The maximum Gasteiger partial charge on any atom is 0.161 e. The predicted octanol–water partition coefficient (Wildman–Crippen LogP) is 2.10. The molecule has 1 fully saturated rings. The lowest BCUT2D eigenvalue weighted by Crippen LogP contribution is -2.34. The van der Waals surface area contributed by atoms with Crippen LogP contribution < -0.4 is 0 Å². The monoisotopic (exact) mass is 294 g/mol. The first-order chi connectivity index (χ1) is 8.83. The lowest BCUT2D eigenvalue weighted by molar-refractivity contribution is 0.159. The topological polar surface area (TPSA) is 54.4 Å². The lowest BCUT2D eigenvalue weighted by atomic mass is 10.0. The van der Waals surface area contributed by atoms with Gasteiger partial charge in [-0.05, 0) is 18.9 Å². The van der Waals surface area contributed by atoms with Crippen molar-refractivity contribution >= 4 is 9.84 Å². The van der Waals surface area contributed by atoms with Crippen LogP contribution in [0.3, 0.4) is 0 Å². The van der Waals surface area contributed by atoms with Gasteiger partial charge in [0, 0.05) is 11.6 Å². The molecule has 0 bridgehead atoms. The van der Waals surface area contributed by atoms with Gasteiger partial charge in [0.15, 0.2) is 21.5 Å². The molecule has 0 saturated carbocycles. The van der Waals surface area contributed by atoms with Gasteiger partial charge in [-0.1, -0.05) is 6.42 Å². The summed E-state index contributed by atoms with van der Waals surface area (Å²) in [6, 6.07) is 0.822. The van der Waals surface area contributed by atoms with Gasteiger partial charge >= 0.3 is 0 Å². The van der Waals surface area contributed by atoms with Crippen LogP contribution in [0.5, 0.6) is 0 Å². The van der Waals surface area contributed by atoms with Crippen LogP contribution in [0.2, 0.25) is 0 Å². The summed E-state index contributed by atoms with van der Waals surface area (Å²) in [5.41, 5.74) is -0.519. The molecule has 1 aromatic rings. The Morgan fingerprint density at radius 1 is 1.11 bits per heavy atom. The third kappa shape index (κ3) is 2.76. The summed E-state index contributed by atoms with van der Waals surface area (Å²) in [6.07, 6.45) is -0.416. The molecule has 1 saturated heterocycles. The van der Waals surface area contributed by atoms with Crippen molar-refractivity contribution in [1.29, 1.82) is 0 Å². The predicted molar refractivity (Wildman–Crippen MR) is 62.7 cm³/mol. The second kappa shape index (κ2) is 5.13. The fourth-order valence-electron chi connectivity index (χ4n) is 2.30. The summed E-state index contributed by atoms with van der Waals surface area (Å²) in [5, 5.41) is 8.80. The highest BCUT2D eigenvalue weighted by Gasteiger charge is 2.36. The highest BCUT2D eigenvalue weighted by Crippen LogP contribution is 2.32. The maximum absolute atomic E-state index is 13.5. The van der Waals surface area contributed by atoms with E-state index in [1.807, 2.05) is 0 Å². The van der Waals surface area contributed by atoms with Crippen LogP contribution >= 0.6 is 0 Å². The highest BCUT2D eigenvalue weighted by molar-refractivity contribution is 7.92. The van der Waals surface area contributed by atoms with Crippen LogP contribution in [0, 0.1) is 17.5 Å². The van der Waals surface area contributed by atoms with E-state index >= 15 is 0 Å². The Labute approximate surface area is 109 Å². The SMILES string of the molecule is O=S1(=O)CCCCC1C(O)c1cc(F)c(F)cc1F. The first-order valence-corrected chi connectivity index (χ1v) is 7.58. The molecule has 7 heteroatoms. The molecule has 1 aliphatic rings. The molecular weight excluding hydrogens is 281 g/mol. The van der Waals surface area contributed by atoms with E-state index in [0.717, 1.165) is 0 Å². The minimum Gasteiger partial charge on any atom is -0.387 e. The van der Waals surface area contributed by atoms with Crippen molar-refractivity contribution < 1.29 is 26.7 Å². The molecule has 2 rings (SSSR count). The quantitative estimate of drug-likeness (QED) is 0.850. The second-order valence-electron chi connectivity index (χ2n) is 4.63. The molecule has 0 radical (unpaired) electrons. The first kappa shape index (κ1) is 14.3. The average molecular weight is 294 g/mol. The van der Waals surface area contributed by atoms with Crippen molar-refractivity contribution in [3.05, 3.63) is 35.1 Å². The summed E-state index contributed by atoms with van der Waals surface area (Å²) in [4.78, 5) is 0. The molecule has 1 N–H and O–H groups in total. The van der Waals surface area contributed by atoms with Gasteiger partial charge in [0.25, 0.3) is 0 Å². The van der Waals surface area contributed by atoms with Crippen molar-refractivity contribution in [2.75, 3.05) is 5.75 Å². The first-order valence-electron chi connectivity index (χ1n) is 5.87. The van der Waals surface area contributed by atoms with Gasteiger partial charge in [0.1, 0.15) is 5.82 Å². The number of hydrogen-bond donors (Lipinski definition) is 1. The van der Waals surface area contributed by atoms with Crippen molar-refractivity contribution in [3.8, 4) is 0 Å². The molecule has 3 nitrogen and oxygen atoms in total. The second-order valence-corrected chi connectivity index (χ2v) is 6.97. The van der Waals surface area contributed by atoms with E-state index in [1.54, 1.807) is 0 Å². The minimum atomic E-state index is -3.54. The van der Waals surface area contributed by atoms with Gasteiger partial charge in [-0.15, -0.1) is 0 Å². The van der Waals surface area contributed by atoms with E-state index in [4.69, 9.17) is 0 Å². The van der Waals surface area contributed by atoms with E-state index in [9.17, 15) is 26.7 Å². The Kier molecular flexibility index (Phi) is 3.87. The highest BCUT2D eigenvalue weighted by atomic mass is 32.2. The Bertz CT molecular complexity index is 586. The van der Waals surface area contributed by atoms with E-state index in [2.05, 4.69) is 0 Å². The number of benzene rings is 1. The Morgan fingerprint density at radius 2 is 1.74 bits per heavy atom. The Hall–Kier alpha value is -1.08. The number of hydrogen-bond acceptors (Lipinski definition) is 3. The lowest BCUT2D eigenvalue weighted by Gasteiger charge is -2.27. The van der Waals surface area contributed by atoms with Crippen LogP contribution in [0.15, 0.2) is 12.1 Å². The fourth-order valence-corrected chi connectivity index (χ4v) is 4.27. The maximum atomic E-state index is 13.5. The van der Waals surface area contributed by atoms with Crippen LogP contribution in [-0.4, -0.2) is 24.5 Å². The van der Waals surface area contributed by atoms with Crippen molar-refractivity contribution in [2.45, 2.75) is 30.6 Å². The third-order valence-corrected chi connectivity index (χ3v) is 5.61. The summed E-state index contributed by atoms with van der Waals surface area (Å²) in [7, 11) is -3.54. The smallest absolute Gasteiger partial charge is 0.161 e. The zero-order valence-corrected chi connectivity index (χ0v) is 10.8. The molecule has 106 valence electrons.